The van der Waals surface area contributed by atoms with Crippen molar-refractivity contribution >= 4 is 21.6 Å². The Morgan fingerprint density at radius 1 is 1.42 bits per heavy atom. The molecule has 0 radical (unpaired) electrons. The van der Waals surface area contributed by atoms with Gasteiger partial charge in [-0.25, -0.2) is 0 Å². The van der Waals surface area contributed by atoms with Crippen LogP contribution in [0.25, 0.3) is 0 Å². The molecule has 1 atom stereocenters. The summed E-state index contributed by atoms with van der Waals surface area (Å²) in [5.74, 6) is 0. The third-order valence-corrected chi connectivity index (χ3v) is 4.37. The molecule has 0 aromatic heterocycles. The molecule has 4 heteroatoms. The lowest BCUT2D eigenvalue weighted by molar-refractivity contribution is 0.0459. The van der Waals surface area contributed by atoms with E-state index in [9.17, 15) is 0 Å². The Labute approximate surface area is 124 Å². The summed E-state index contributed by atoms with van der Waals surface area (Å²) in [5.41, 5.74) is 8.36. The van der Waals surface area contributed by atoms with Crippen molar-refractivity contribution in [1.82, 2.24) is 0 Å². The van der Waals surface area contributed by atoms with Gasteiger partial charge in [-0.1, -0.05) is 22.0 Å². The van der Waals surface area contributed by atoms with Crippen LogP contribution in [0.4, 0.5) is 5.69 Å². The maximum Gasteiger partial charge on any atom is 0.0608 e. The second-order valence-corrected chi connectivity index (χ2v) is 5.99. The van der Waals surface area contributed by atoms with Crippen molar-refractivity contribution in [3.8, 4) is 0 Å². The lowest BCUT2D eigenvalue weighted by Gasteiger charge is -2.33. The summed E-state index contributed by atoms with van der Waals surface area (Å²) >= 11 is 3.62. The van der Waals surface area contributed by atoms with Gasteiger partial charge >= 0.3 is 0 Å². The largest absolute Gasteiger partial charge is 0.378 e. The van der Waals surface area contributed by atoms with Crippen LogP contribution >= 0.6 is 15.9 Å². The molecule has 2 N–H and O–H groups in total. The van der Waals surface area contributed by atoms with Crippen molar-refractivity contribution in [3.05, 3.63) is 28.2 Å². The standard InChI is InChI=1S/C15H23BrN2O/c1-3-19-13-6-8-18(9-7-13)12-4-5-14(11(2)17)15(16)10-12/h4-5,10-11,13H,3,6-9,17H2,1-2H3/t11-/m1/s1. The van der Waals surface area contributed by atoms with E-state index < -0.39 is 0 Å². The third-order valence-electron chi connectivity index (χ3n) is 3.68. The highest BCUT2D eigenvalue weighted by molar-refractivity contribution is 9.10. The Bertz CT molecular complexity index is 415. The van der Waals surface area contributed by atoms with Crippen molar-refractivity contribution in [2.24, 2.45) is 5.73 Å². The predicted molar refractivity (Wildman–Crippen MR) is 83.6 cm³/mol. The Morgan fingerprint density at radius 3 is 2.63 bits per heavy atom. The summed E-state index contributed by atoms with van der Waals surface area (Å²) in [6, 6.07) is 6.54. The molecule has 0 aliphatic carbocycles. The summed E-state index contributed by atoms with van der Waals surface area (Å²) in [6.07, 6.45) is 2.66. The van der Waals surface area contributed by atoms with Crippen molar-refractivity contribution in [2.45, 2.75) is 38.8 Å². The van der Waals surface area contributed by atoms with Crippen LogP contribution in [0.2, 0.25) is 0 Å². The maximum atomic E-state index is 5.93. The highest BCUT2D eigenvalue weighted by atomic mass is 79.9. The van der Waals surface area contributed by atoms with E-state index in [2.05, 4.69) is 46.0 Å². The summed E-state index contributed by atoms with van der Waals surface area (Å²) < 4.78 is 6.79. The first-order valence-corrected chi connectivity index (χ1v) is 7.82. The normalized spacial score (nSPS) is 18.6. The molecule has 19 heavy (non-hydrogen) atoms. The molecule has 0 spiro atoms. The molecular formula is C15H23BrN2O. The maximum absolute atomic E-state index is 5.93. The molecule has 1 aromatic rings. The minimum Gasteiger partial charge on any atom is -0.378 e. The Morgan fingerprint density at radius 2 is 2.11 bits per heavy atom. The van der Waals surface area contributed by atoms with Gasteiger partial charge in [-0.3, -0.25) is 0 Å². The molecule has 1 aromatic carbocycles. The highest BCUT2D eigenvalue weighted by Crippen LogP contribution is 2.29. The first-order valence-electron chi connectivity index (χ1n) is 7.03. The number of halogens is 1. The van der Waals surface area contributed by atoms with E-state index in [0.29, 0.717) is 6.10 Å². The van der Waals surface area contributed by atoms with Crippen LogP contribution < -0.4 is 10.6 Å². The van der Waals surface area contributed by atoms with Gasteiger partial charge in [-0.05, 0) is 44.4 Å². The number of piperidine rings is 1. The predicted octanol–water partition coefficient (Wildman–Crippen LogP) is 3.47. The van der Waals surface area contributed by atoms with E-state index in [1.54, 1.807) is 0 Å². The van der Waals surface area contributed by atoms with Gasteiger partial charge in [-0.15, -0.1) is 0 Å². The minimum absolute atomic E-state index is 0.0621. The quantitative estimate of drug-likeness (QED) is 0.920. The molecule has 106 valence electrons. The number of nitrogens with zero attached hydrogens (tertiary/aromatic N) is 1. The molecule has 1 heterocycles. The molecule has 0 amide bonds. The molecule has 1 aliphatic heterocycles. The number of anilines is 1. The van der Waals surface area contributed by atoms with Crippen LogP contribution in [-0.4, -0.2) is 25.8 Å². The third kappa shape index (κ3) is 3.71. The Kier molecular flexibility index (Phi) is 5.25. The van der Waals surface area contributed by atoms with Crippen LogP contribution in [0.5, 0.6) is 0 Å². The van der Waals surface area contributed by atoms with Crippen LogP contribution in [0, 0.1) is 0 Å². The minimum atomic E-state index is 0.0621. The van der Waals surface area contributed by atoms with Gasteiger partial charge in [0.1, 0.15) is 0 Å². The van der Waals surface area contributed by atoms with Gasteiger partial charge < -0.3 is 15.4 Å². The van der Waals surface area contributed by atoms with Gasteiger partial charge in [-0.2, -0.15) is 0 Å². The molecule has 1 fully saturated rings. The van der Waals surface area contributed by atoms with Gasteiger partial charge in [0, 0.05) is 35.9 Å². The van der Waals surface area contributed by atoms with Gasteiger partial charge in [0.2, 0.25) is 0 Å². The summed E-state index contributed by atoms with van der Waals surface area (Å²) in [7, 11) is 0. The van der Waals surface area contributed by atoms with E-state index in [4.69, 9.17) is 10.5 Å². The lowest BCUT2D eigenvalue weighted by atomic mass is 10.1. The zero-order valence-electron chi connectivity index (χ0n) is 11.7. The van der Waals surface area contributed by atoms with Crippen LogP contribution in [0.3, 0.4) is 0 Å². The number of nitrogens with two attached hydrogens (primary N) is 1. The molecule has 1 aliphatic rings. The van der Waals surface area contributed by atoms with Crippen molar-refractivity contribution in [1.29, 1.82) is 0 Å². The lowest BCUT2D eigenvalue weighted by Crippen LogP contribution is -2.37. The molecule has 0 saturated carbocycles. The first kappa shape index (κ1) is 14.8. The number of hydrogen-bond acceptors (Lipinski definition) is 3. The van der Waals surface area contributed by atoms with E-state index >= 15 is 0 Å². The first-order chi connectivity index (χ1) is 9.11. The highest BCUT2D eigenvalue weighted by Gasteiger charge is 2.20. The Hall–Kier alpha value is -0.580. The second-order valence-electron chi connectivity index (χ2n) is 5.14. The zero-order chi connectivity index (χ0) is 13.8. The average molecular weight is 327 g/mol. The molecule has 0 bridgehead atoms. The summed E-state index contributed by atoms with van der Waals surface area (Å²) in [5, 5.41) is 0. The zero-order valence-corrected chi connectivity index (χ0v) is 13.3. The van der Waals surface area contributed by atoms with Gasteiger partial charge in [0.15, 0.2) is 0 Å². The molecule has 1 saturated heterocycles. The fourth-order valence-corrected chi connectivity index (χ4v) is 3.33. The van der Waals surface area contributed by atoms with Crippen LogP contribution in [0.15, 0.2) is 22.7 Å². The SMILES string of the molecule is CCOC1CCN(c2ccc([C@@H](C)N)c(Br)c2)CC1. The molecular weight excluding hydrogens is 304 g/mol. The van der Waals surface area contributed by atoms with Crippen LogP contribution in [-0.2, 0) is 4.74 Å². The van der Waals surface area contributed by atoms with Gasteiger partial charge in [0.25, 0.3) is 0 Å². The van der Waals surface area contributed by atoms with Crippen molar-refractivity contribution in [3.63, 3.8) is 0 Å². The topological polar surface area (TPSA) is 38.5 Å². The number of ether oxygens (including phenoxy) is 1. The smallest absolute Gasteiger partial charge is 0.0608 e. The van der Waals surface area contributed by atoms with Crippen molar-refractivity contribution in [2.75, 3.05) is 24.6 Å². The molecule has 0 unspecified atom stereocenters. The van der Waals surface area contributed by atoms with Crippen LogP contribution in [0.1, 0.15) is 38.3 Å². The van der Waals surface area contributed by atoms with Crippen molar-refractivity contribution < 1.29 is 4.74 Å². The number of hydrogen-bond donors (Lipinski definition) is 1. The van der Waals surface area contributed by atoms with E-state index in [-0.39, 0.29) is 6.04 Å². The monoisotopic (exact) mass is 326 g/mol. The fourth-order valence-electron chi connectivity index (χ4n) is 2.60. The van der Waals surface area contributed by atoms with E-state index in [1.807, 2.05) is 6.92 Å². The average Bonchev–Trinajstić information content (AvgIpc) is 2.39. The van der Waals surface area contributed by atoms with E-state index in [1.165, 1.54) is 5.69 Å². The number of benzene rings is 1. The molecule has 2 rings (SSSR count). The fraction of sp³-hybridized carbons (Fsp3) is 0.600. The van der Waals surface area contributed by atoms with E-state index in [0.717, 1.165) is 42.6 Å². The number of rotatable bonds is 4. The molecule has 3 nitrogen and oxygen atoms in total. The second kappa shape index (κ2) is 6.73. The van der Waals surface area contributed by atoms with Gasteiger partial charge in [0.05, 0.1) is 6.10 Å². The summed E-state index contributed by atoms with van der Waals surface area (Å²) in [6.45, 7) is 7.02. The Balaban J connectivity index is 2.02. The summed E-state index contributed by atoms with van der Waals surface area (Å²) in [4.78, 5) is 2.42.